The van der Waals surface area contributed by atoms with Crippen LogP contribution in [0.4, 0.5) is 0 Å². The van der Waals surface area contributed by atoms with E-state index in [1.165, 1.54) is 0 Å². The van der Waals surface area contributed by atoms with Crippen LogP contribution in [0.15, 0.2) is 17.1 Å². The lowest BCUT2D eigenvalue weighted by Crippen LogP contribution is -2.42. The number of aryl methyl sites for hydroxylation is 1. The van der Waals surface area contributed by atoms with Crippen molar-refractivity contribution in [2.24, 2.45) is 4.99 Å². The summed E-state index contributed by atoms with van der Waals surface area (Å²) in [5.74, 6) is 2.05. The van der Waals surface area contributed by atoms with Crippen molar-refractivity contribution >= 4 is 39.8 Å². The molecule has 0 spiro atoms. The molecule has 0 aliphatic heterocycles. The Morgan fingerprint density at radius 2 is 1.71 bits per heavy atom. The van der Waals surface area contributed by atoms with Crippen molar-refractivity contribution in [3.05, 3.63) is 23.3 Å². The number of hydrogen-bond acceptors (Lipinski definition) is 5. The molecule has 0 aliphatic rings. The van der Waals surface area contributed by atoms with Gasteiger partial charge in [-0.1, -0.05) is 0 Å². The topological polar surface area (TPSA) is 80.2 Å². The van der Waals surface area contributed by atoms with Gasteiger partial charge in [-0.05, 0) is 51.0 Å². The van der Waals surface area contributed by atoms with E-state index < -0.39 is 14.6 Å². The molecule has 1 aromatic carbocycles. The fraction of sp³-hybridized carbons (Fsp3) is 0.632. The third-order valence-corrected chi connectivity index (χ3v) is 7.02. The predicted octanol–water partition coefficient (Wildman–Crippen LogP) is 2.85. The van der Waals surface area contributed by atoms with Crippen LogP contribution in [0.5, 0.6) is 11.5 Å². The Labute approximate surface area is 186 Å². The van der Waals surface area contributed by atoms with E-state index in [0.29, 0.717) is 30.5 Å². The molecule has 0 bridgehead atoms. The fourth-order valence-electron chi connectivity index (χ4n) is 2.51. The molecular weight excluding hydrogens is 493 g/mol. The summed E-state index contributed by atoms with van der Waals surface area (Å²) in [5.41, 5.74) is 2.14. The molecule has 0 amide bonds. The second kappa shape index (κ2) is 11.1. The number of rotatable bonds is 7. The number of nitrogens with zero attached hydrogens (tertiary/aromatic N) is 2. The summed E-state index contributed by atoms with van der Waals surface area (Å²) in [5, 5.41) is 3.13. The summed E-state index contributed by atoms with van der Waals surface area (Å²) in [4.78, 5) is 6.19. The zero-order chi connectivity index (χ0) is 20.8. The molecule has 0 atom stereocenters. The molecule has 1 N–H and O–H groups in total. The van der Waals surface area contributed by atoms with Gasteiger partial charge in [-0.15, -0.1) is 24.0 Å². The Hall–Kier alpha value is -1.23. The minimum Gasteiger partial charge on any atom is -0.493 e. The van der Waals surface area contributed by atoms with Gasteiger partial charge in [0.2, 0.25) is 0 Å². The molecule has 0 fully saturated rings. The van der Waals surface area contributed by atoms with Crippen molar-refractivity contribution in [3.63, 3.8) is 0 Å². The van der Waals surface area contributed by atoms with Crippen molar-refractivity contribution in [2.75, 3.05) is 40.6 Å². The maximum Gasteiger partial charge on any atom is 0.193 e. The quantitative estimate of drug-likeness (QED) is 0.334. The van der Waals surface area contributed by atoms with E-state index >= 15 is 0 Å². The van der Waals surface area contributed by atoms with Crippen molar-refractivity contribution in [1.29, 1.82) is 0 Å². The van der Waals surface area contributed by atoms with Crippen LogP contribution in [-0.4, -0.2) is 64.6 Å². The van der Waals surface area contributed by atoms with Crippen LogP contribution in [0, 0.1) is 6.92 Å². The predicted molar refractivity (Wildman–Crippen MR) is 126 cm³/mol. The zero-order valence-corrected chi connectivity index (χ0v) is 21.3. The number of benzene rings is 1. The molecule has 9 heteroatoms. The summed E-state index contributed by atoms with van der Waals surface area (Å²) in [7, 11) is 3.63. The molecule has 0 aliphatic carbocycles. The van der Waals surface area contributed by atoms with E-state index in [4.69, 9.17) is 9.47 Å². The SMILES string of the molecule is CN=C(NCCS(=O)(=O)C(C)(C)C)N(C)Cc1cc(OC)c(OC)cc1C.I. The summed E-state index contributed by atoms with van der Waals surface area (Å²) < 4.78 is 34.4. The number of hydrogen-bond donors (Lipinski definition) is 1. The number of guanidine groups is 1. The van der Waals surface area contributed by atoms with Gasteiger partial charge in [-0.25, -0.2) is 8.42 Å². The highest BCUT2D eigenvalue weighted by atomic mass is 127. The van der Waals surface area contributed by atoms with Crippen LogP contribution in [0.1, 0.15) is 31.9 Å². The summed E-state index contributed by atoms with van der Waals surface area (Å²) in [6, 6.07) is 3.89. The summed E-state index contributed by atoms with van der Waals surface area (Å²) in [6.07, 6.45) is 0. The molecular formula is C19H34IN3O4S. The van der Waals surface area contributed by atoms with Crippen LogP contribution in [0.3, 0.4) is 0 Å². The molecule has 1 rings (SSSR count). The third kappa shape index (κ3) is 6.98. The lowest BCUT2D eigenvalue weighted by atomic mass is 10.1. The second-order valence-electron chi connectivity index (χ2n) is 7.39. The number of nitrogens with one attached hydrogen (secondary N) is 1. The summed E-state index contributed by atoms with van der Waals surface area (Å²) >= 11 is 0. The highest BCUT2D eigenvalue weighted by Crippen LogP contribution is 2.30. The number of aliphatic imine (C=N–C) groups is 1. The molecule has 28 heavy (non-hydrogen) atoms. The van der Waals surface area contributed by atoms with Crippen LogP contribution < -0.4 is 14.8 Å². The van der Waals surface area contributed by atoms with E-state index in [9.17, 15) is 8.42 Å². The molecule has 0 heterocycles. The van der Waals surface area contributed by atoms with Gasteiger partial charge in [0.05, 0.1) is 24.7 Å². The van der Waals surface area contributed by atoms with Crippen LogP contribution in [0.2, 0.25) is 0 Å². The molecule has 0 aromatic heterocycles. The van der Waals surface area contributed by atoms with E-state index in [1.807, 2.05) is 31.0 Å². The van der Waals surface area contributed by atoms with Gasteiger partial charge >= 0.3 is 0 Å². The first-order valence-electron chi connectivity index (χ1n) is 8.82. The van der Waals surface area contributed by atoms with Gasteiger partial charge in [0.25, 0.3) is 0 Å². The van der Waals surface area contributed by atoms with Gasteiger partial charge < -0.3 is 19.7 Å². The van der Waals surface area contributed by atoms with Gasteiger partial charge in [-0.3, -0.25) is 4.99 Å². The minimum atomic E-state index is -3.18. The average Bonchev–Trinajstić information content (AvgIpc) is 2.58. The van der Waals surface area contributed by atoms with E-state index in [-0.39, 0.29) is 29.7 Å². The monoisotopic (exact) mass is 527 g/mol. The number of methoxy groups -OCH3 is 2. The van der Waals surface area contributed by atoms with E-state index in [2.05, 4.69) is 10.3 Å². The van der Waals surface area contributed by atoms with E-state index in [0.717, 1.165) is 11.1 Å². The lowest BCUT2D eigenvalue weighted by molar-refractivity contribution is 0.353. The smallest absolute Gasteiger partial charge is 0.193 e. The lowest BCUT2D eigenvalue weighted by Gasteiger charge is -2.24. The Bertz CT molecular complexity index is 774. The molecule has 0 saturated heterocycles. The van der Waals surface area contributed by atoms with Gasteiger partial charge in [-0.2, -0.15) is 0 Å². The highest BCUT2D eigenvalue weighted by molar-refractivity contribution is 14.0. The van der Waals surface area contributed by atoms with Crippen molar-refractivity contribution in [2.45, 2.75) is 39.0 Å². The van der Waals surface area contributed by atoms with Crippen LogP contribution >= 0.6 is 24.0 Å². The fourth-order valence-corrected chi connectivity index (χ4v) is 3.49. The minimum absolute atomic E-state index is 0. The first-order valence-corrected chi connectivity index (χ1v) is 10.5. The number of halogens is 1. The van der Waals surface area contributed by atoms with Gasteiger partial charge in [0, 0.05) is 27.2 Å². The first kappa shape index (κ1) is 26.8. The molecule has 0 saturated carbocycles. The van der Waals surface area contributed by atoms with Crippen molar-refractivity contribution in [1.82, 2.24) is 10.2 Å². The summed E-state index contributed by atoms with van der Waals surface area (Å²) in [6.45, 7) is 8.05. The largest absolute Gasteiger partial charge is 0.493 e. The molecule has 0 radical (unpaired) electrons. The van der Waals surface area contributed by atoms with Crippen molar-refractivity contribution < 1.29 is 17.9 Å². The number of sulfone groups is 1. The van der Waals surface area contributed by atoms with Gasteiger partial charge in [0.15, 0.2) is 27.3 Å². The first-order chi connectivity index (χ1) is 12.5. The normalized spacial score (nSPS) is 12.2. The van der Waals surface area contributed by atoms with Gasteiger partial charge in [0.1, 0.15) is 0 Å². The molecule has 162 valence electrons. The van der Waals surface area contributed by atoms with Crippen molar-refractivity contribution in [3.8, 4) is 11.5 Å². The Morgan fingerprint density at radius 3 is 2.18 bits per heavy atom. The average molecular weight is 527 g/mol. The molecule has 0 unspecified atom stereocenters. The van der Waals surface area contributed by atoms with E-state index in [1.54, 1.807) is 42.0 Å². The second-order valence-corrected chi connectivity index (χ2v) is 10.3. The Morgan fingerprint density at radius 1 is 1.18 bits per heavy atom. The number of ether oxygens (including phenoxy) is 2. The Kier molecular flexibility index (Phi) is 10.6. The molecule has 7 nitrogen and oxygen atoms in total. The maximum atomic E-state index is 12.2. The van der Waals surface area contributed by atoms with Crippen LogP contribution in [-0.2, 0) is 16.4 Å². The zero-order valence-electron chi connectivity index (χ0n) is 18.1. The van der Waals surface area contributed by atoms with Crippen LogP contribution in [0.25, 0.3) is 0 Å². The standard InChI is InChI=1S/C19H33N3O4S.HI/c1-14-11-16(25-7)17(26-8)12-15(14)13-22(6)18(20-5)21-9-10-27(23,24)19(2,3)4;/h11-12H,9-10,13H2,1-8H3,(H,20,21);1H. The highest BCUT2D eigenvalue weighted by Gasteiger charge is 2.28. The third-order valence-electron chi connectivity index (χ3n) is 4.41. The Balaban J connectivity index is 0.00000729. The molecule has 1 aromatic rings. The maximum absolute atomic E-state index is 12.2.